The van der Waals surface area contributed by atoms with E-state index in [4.69, 9.17) is 5.26 Å². The summed E-state index contributed by atoms with van der Waals surface area (Å²) in [6.45, 7) is 0. The fourth-order valence-corrected chi connectivity index (χ4v) is 1.33. The SMILES string of the molecule is COc1cnc(CC#N)c(OC(F)(F)F)c1C(F)F. The first-order chi connectivity index (χ1) is 8.80. The Balaban J connectivity index is 3.45. The van der Waals surface area contributed by atoms with Gasteiger partial charge >= 0.3 is 6.36 Å². The first-order valence-corrected chi connectivity index (χ1v) is 4.76. The van der Waals surface area contributed by atoms with Crippen LogP contribution in [0.1, 0.15) is 17.7 Å². The van der Waals surface area contributed by atoms with Gasteiger partial charge in [-0.25, -0.2) is 8.78 Å². The molecule has 104 valence electrons. The van der Waals surface area contributed by atoms with Gasteiger partial charge in [-0.05, 0) is 0 Å². The van der Waals surface area contributed by atoms with Gasteiger partial charge in [0.05, 0.1) is 31.5 Å². The van der Waals surface area contributed by atoms with Crippen molar-refractivity contribution in [3.8, 4) is 17.6 Å². The summed E-state index contributed by atoms with van der Waals surface area (Å²) < 4.78 is 70.4. The van der Waals surface area contributed by atoms with Crippen molar-refractivity contribution >= 4 is 0 Å². The molecule has 0 aliphatic carbocycles. The van der Waals surface area contributed by atoms with Crippen LogP contribution in [-0.4, -0.2) is 18.5 Å². The summed E-state index contributed by atoms with van der Waals surface area (Å²) in [5.41, 5.74) is -1.61. The molecule has 19 heavy (non-hydrogen) atoms. The third kappa shape index (κ3) is 3.67. The van der Waals surface area contributed by atoms with E-state index in [0.29, 0.717) is 0 Å². The standard InChI is InChI=1S/C10H7F5N2O2/c1-18-6-4-17-5(2-3-16)8(7(6)9(11)12)19-10(13,14)15/h4,9H,2H2,1H3. The summed E-state index contributed by atoms with van der Waals surface area (Å²) in [5, 5.41) is 8.45. The van der Waals surface area contributed by atoms with Gasteiger partial charge in [-0.1, -0.05) is 0 Å². The van der Waals surface area contributed by atoms with Crippen molar-refractivity contribution in [3.05, 3.63) is 17.5 Å². The number of ether oxygens (including phenoxy) is 2. The Morgan fingerprint density at radius 1 is 1.42 bits per heavy atom. The molecule has 0 saturated heterocycles. The van der Waals surface area contributed by atoms with E-state index in [9.17, 15) is 22.0 Å². The lowest BCUT2D eigenvalue weighted by Gasteiger charge is -2.17. The van der Waals surface area contributed by atoms with Gasteiger partial charge in [0.2, 0.25) is 0 Å². The third-order valence-electron chi connectivity index (χ3n) is 2.01. The molecule has 0 saturated carbocycles. The van der Waals surface area contributed by atoms with E-state index >= 15 is 0 Å². The molecule has 0 spiro atoms. The Kier molecular flexibility index (Phi) is 4.47. The number of pyridine rings is 1. The van der Waals surface area contributed by atoms with E-state index in [1.165, 1.54) is 6.07 Å². The normalized spacial score (nSPS) is 11.3. The minimum atomic E-state index is -5.18. The second kappa shape index (κ2) is 5.69. The molecular formula is C10H7F5N2O2. The van der Waals surface area contributed by atoms with E-state index in [-0.39, 0.29) is 0 Å². The molecule has 0 N–H and O–H groups in total. The van der Waals surface area contributed by atoms with Crippen LogP contribution in [0.15, 0.2) is 6.20 Å². The number of halogens is 5. The topological polar surface area (TPSA) is 55.1 Å². The van der Waals surface area contributed by atoms with Gasteiger partial charge in [0.15, 0.2) is 5.75 Å². The quantitative estimate of drug-likeness (QED) is 0.797. The maximum atomic E-state index is 12.8. The zero-order chi connectivity index (χ0) is 14.6. The Hall–Kier alpha value is -2.11. The number of aromatic nitrogens is 1. The van der Waals surface area contributed by atoms with Crippen molar-refractivity contribution in [2.45, 2.75) is 19.2 Å². The lowest BCUT2D eigenvalue weighted by Crippen LogP contribution is -2.20. The van der Waals surface area contributed by atoms with Crippen molar-refractivity contribution < 1.29 is 31.4 Å². The maximum Gasteiger partial charge on any atom is 0.573 e. The van der Waals surface area contributed by atoms with E-state index < -0.39 is 42.0 Å². The predicted octanol–water partition coefficient (Wildman–Crippen LogP) is 2.99. The van der Waals surface area contributed by atoms with Crippen LogP contribution in [0.2, 0.25) is 0 Å². The van der Waals surface area contributed by atoms with E-state index in [0.717, 1.165) is 13.3 Å². The molecule has 0 bridgehead atoms. The van der Waals surface area contributed by atoms with Gasteiger partial charge in [-0.15, -0.1) is 13.2 Å². The Bertz CT molecular complexity index is 496. The smallest absolute Gasteiger partial charge is 0.494 e. The summed E-state index contributed by atoms with van der Waals surface area (Å²) in [6, 6.07) is 1.52. The molecule has 4 nitrogen and oxygen atoms in total. The van der Waals surface area contributed by atoms with E-state index in [1.54, 1.807) is 0 Å². The molecule has 1 aromatic heterocycles. The molecule has 0 aromatic carbocycles. The Morgan fingerprint density at radius 3 is 2.47 bits per heavy atom. The van der Waals surface area contributed by atoms with Gasteiger partial charge in [-0.2, -0.15) is 5.26 Å². The number of methoxy groups -OCH3 is 1. The van der Waals surface area contributed by atoms with Crippen molar-refractivity contribution in [1.29, 1.82) is 5.26 Å². The minimum Gasteiger partial charge on any atom is -0.494 e. The molecule has 0 atom stereocenters. The summed E-state index contributed by atoms with van der Waals surface area (Å²) in [6.07, 6.45) is -8.23. The molecule has 0 aliphatic rings. The van der Waals surface area contributed by atoms with Crippen molar-refractivity contribution in [2.24, 2.45) is 0 Å². The summed E-state index contributed by atoms with van der Waals surface area (Å²) in [4.78, 5) is 3.46. The van der Waals surface area contributed by atoms with Crippen LogP contribution in [0, 0.1) is 11.3 Å². The van der Waals surface area contributed by atoms with E-state index in [1.807, 2.05) is 0 Å². The largest absolute Gasteiger partial charge is 0.573 e. The second-order valence-electron chi connectivity index (χ2n) is 3.20. The van der Waals surface area contributed by atoms with Gasteiger partial charge < -0.3 is 9.47 Å². The van der Waals surface area contributed by atoms with Crippen LogP contribution in [0.4, 0.5) is 22.0 Å². The summed E-state index contributed by atoms with van der Waals surface area (Å²) >= 11 is 0. The molecule has 0 fully saturated rings. The fraction of sp³-hybridized carbons (Fsp3) is 0.400. The molecule has 0 aliphatic heterocycles. The van der Waals surface area contributed by atoms with Crippen molar-refractivity contribution in [1.82, 2.24) is 4.98 Å². The zero-order valence-electron chi connectivity index (χ0n) is 9.46. The highest BCUT2D eigenvalue weighted by Gasteiger charge is 2.36. The molecule has 9 heteroatoms. The van der Waals surface area contributed by atoms with Gasteiger partial charge in [-0.3, -0.25) is 4.98 Å². The molecular weight excluding hydrogens is 275 g/mol. The van der Waals surface area contributed by atoms with Gasteiger partial charge in [0.25, 0.3) is 6.43 Å². The highest BCUT2D eigenvalue weighted by molar-refractivity contribution is 5.48. The van der Waals surface area contributed by atoms with Crippen molar-refractivity contribution in [3.63, 3.8) is 0 Å². The van der Waals surface area contributed by atoms with Crippen LogP contribution in [0.3, 0.4) is 0 Å². The number of nitrogens with zero attached hydrogens (tertiary/aromatic N) is 2. The summed E-state index contributed by atoms with van der Waals surface area (Å²) in [7, 11) is 1.00. The molecule has 0 radical (unpaired) electrons. The summed E-state index contributed by atoms with van der Waals surface area (Å²) in [5.74, 6) is -1.74. The van der Waals surface area contributed by atoms with Gasteiger partial charge in [0.1, 0.15) is 11.3 Å². The average molecular weight is 282 g/mol. The third-order valence-corrected chi connectivity index (χ3v) is 2.01. The maximum absolute atomic E-state index is 12.8. The van der Waals surface area contributed by atoms with Crippen molar-refractivity contribution in [2.75, 3.05) is 7.11 Å². The minimum absolute atomic E-state index is 0.532. The molecule has 0 amide bonds. The average Bonchev–Trinajstić information content (AvgIpc) is 2.28. The fourth-order valence-electron chi connectivity index (χ4n) is 1.33. The number of hydrogen-bond donors (Lipinski definition) is 0. The number of rotatable bonds is 4. The van der Waals surface area contributed by atoms with Crippen LogP contribution in [-0.2, 0) is 6.42 Å². The zero-order valence-corrected chi connectivity index (χ0v) is 9.46. The van der Waals surface area contributed by atoms with Gasteiger partial charge in [0, 0.05) is 0 Å². The van der Waals surface area contributed by atoms with Crippen LogP contribution >= 0.6 is 0 Å². The first-order valence-electron chi connectivity index (χ1n) is 4.76. The second-order valence-corrected chi connectivity index (χ2v) is 3.20. The Labute approximate surface area is 104 Å². The highest BCUT2D eigenvalue weighted by atomic mass is 19.4. The lowest BCUT2D eigenvalue weighted by molar-refractivity contribution is -0.275. The Morgan fingerprint density at radius 2 is 2.05 bits per heavy atom. The number of hydrogen-bond acceptors (Lipinski definition) is 4. The predicted molar refractivity (Wildman–Crippen MR) is 51.7 cm³/mol. The molecule has 1 rings (SSSR count). The number of nitriles is 1. The number of alkyl halides is 5. The molecule has 0 unspecified atom stereocenters. The van der Waals surface area contributed by atoms with E-state index in [2.05, 4.69) is 14.5 Å². The van der Waals surface area contributed by atoms with Crippen LogP contribution < -0.4 is 9.47 Å². The first kappa shape index (κ1) is 14.9. The van der Waals surface area contributed by atoms with Crippen LogP contribution in [0.5, 0.6) is 11.5 Å². The molecule has 1 aromatic rings. The molecule has 1 heterocycles. The monoisotopic (exact) mass is 282 g/mol. The van der Waals surface area contributed by atoms with Crippen LogP contribution in [0.25, 0.3) is 0 Å². The lowest BCUT2D eigenvalue weighted by atomic mass is 10.1. The highest BCUT2D eigenvalue weighted by Crippen LogP contribution is 2.40.